The van der Waals surface area contributed by atoms with Crippen LogP contribution in [0.4, 0.5) is 11.4 Å². The lowest BCUT2D eigenvalue weighted by Gasteiger charge is -2.35. The number of anilines is 2. The molecule has 2 aliphatic rings. The zero-order valence-corrected chi connectivity index (χ0v) is 40.1. The number of carboxylic acid groups (broad SMARTS) is 1. The number of H-pyrrole nitrogens is 2. The molecule has 8 rings (SSSR count). The number of carbonyl (C=O) groups is 2. The van der Waals surface area contributed by atoms with Crippen molar-refractivity contribution >= 4 is 54.6 Å². The molecule has 0 radical (unpaired) electrons. The number of carboxylic acids is 1. The van der Waals surface area contributed by atoms with Gasteiger partial charge in [-0.1, -0.05) is 6.42 Å². The minimum atomic E-state index is -3.59. The van der Waals surface area contributed by atoms with Gasteiger partial charge in [0.05, 0.1) is 66.7 Å². The largest absolute Gasteiger partial charge is 0.497 e. The number of hydrogen-bond donors (Lipinski definition) is 6. The predicted octanol–water partition coefficient (Wildman–Crippen LogP) is 4.61. The van der Waals surface area contributed by atoms with E-state index in [4.69, 9.17) is 14.6 Å². The zero-order chi connectivity index (χ0) is 49.0. The first kappa shape index (κ1) is 49.7. The molecule has 23 heteroatoms. The minimum absolute atomic E-state index is 0.000408. The number of nitrogens with one attached hydrogen (secondary N) is 5. The van der Waals surface area contributed by atoms with Gasteiger partial charge in [0.15, 0.2) is 11.3 Å². The van der Waals surface area contributed by atoms with Crippen LogP contribution < -0.4 is 35.4 Å². The molecule has 4 aromatic heterocycles. The normalized spacial score (nSPS) is 16.3. The number of rotatable bonds is 10. The van der Waals surface area contributed by atoms with Crippen LogP contribution in [0.2, 0.25) is 0 Å². The molecule has 2 aromatic carbocycles. The molecule has 360 valence electrons. The summed E-state index contributed by atoms with van der Waals surface area (Å²) in [5, 5.41) is 18.7. The van der Waals surface area contributed by atoms with E-state index in [1.54, 1.807) is 35.4 Å². The third-order valence-corrected chi connectivity index (χ3v) is 12.7. The molecule has 0 aliphatic carbocycles. The molecule has 0 spiro atoms. The van der Waals surface area contributed by atoms with Crippen LogP contribution in [0.25, 0.3) is 11.3 Å². The van der Waals surface area contributed by atoms with Crippen LogP contribution >= 0.6 is 0 Å². The lowest BCUT2D eigenvalue weighted by Crippen LogP contribution is -2.39. The first-order valence-corrected chi connectivity index (χ1v) is 25.1. The van der Waals surface area contributed by atoms with E-state index in [1.807, 2.05) is 19.9 Å². The van der Waals surface area contributed by atoms with E-state index < -0.39 is 26.0 Å². The Morgan fingerprint density at radius 1 is 0.701 bits per heavy atom. The van der Waals surface area contributed by atoms with Crippen molar-refractivity contribution in [1.29, 1.82) is 0 Å². The highest BCUT2D eigenvalue weighted by Crippen LogP contribution is 2.34. The summed E-state index contributed by atoms with van der Waals surface area (Å²) in [6.07, 6.45) is 7.98. The van der Waals surface area contributed by atoms with Crippen molar-refractivity contribution in [3.8, 4) is 11.5 Å². The van der Waals surface area contributed by atoms with Crippen LogP contribution in [0.5, 0.6) is 11.5 Å². The summed E-state index contributed by atoms with van der Waals surface area (Å²) in [7, 11) is -4.22. The average molecular weight is 965 g/mol. The Morgan fingerprint density at radius 3 is 1.69 bits per heavy atom. The van der Waals surface area contributed by atoms with Crippen molar-refractivity contribution in [3.05, 3.63) is 114 Å². The maximum Gasteiger partial charge on any atom is 0.337 e. The van der Waals surface area contributed by atoms with Gasteiger partial charge in [0.25, 0.3) is 17.0 Å². The summed E-state index contributed by atoms with van der Waals surface area (Å²) >= 11 is 0. The molecule has 0 bridgehead atoms. The molecule has 21 nitrogen and oxygen atoms in total. The second kappa shape index (κ2) is 20.4. The standard InChI is InChI=1S/C22H27N5O5S.C13H18N4O.C9H11NO5S/c1-13-14(2)23-20-12-18(24-27(20)21(13)28)19-7-5-6-10-26(19)22(29)16-11-15(32-3)8-9-17(16)25-33(4,30)31;1-8-9(2)15-12-7-11(16-17(12)13(8)18)10-5-3-4-6-14-10;1-15-6-3-4-8(10-16(2,13)14)7(5-6)9(11)12/h8-9,11-12,19,24-25H,5-7,10H2,1-4H3;7,10,14,16H,3-6H2,1-2H3;3-5,10H,1-2H3,(H,11,12)/t19-;10-;/m00./s1. The van der Waals surface area contributed by atoms with Crippen molar-refractivity contribution in [3.63, 3.8) is 0 Å². The lowest BCUT2D eigenvalue weighted by molar-refractivity contribution is 0.0605. The SMILES string of the molecule is COc1ccc(NS(C)(=O)=O)c(C(=O)N2CCCC[C@H]2c2cc3nc(C)c(C)c(=O)n3[nH]2)c1.COc1ccc(NS(C)(=O)=O)c(C(=O)O)c1.Cc1nc2cc([C@@H]3CCCCN3)[nH]n2c(=O)c1C. The van der Waals surface area contributed by atoms with Crippen LogP contribution in [0.1, 0.15) is 105 Å². The fourth-order valence-corrected chi connectivity index (χ4v) is 8.98. The number of aromatic carboxylic acids is 1. The Hall–Kier alpha value is -6.72. The van der Waals surface area contributed by atoms with Crippen molar-refractivity contribution in [1.82, 2.24) is 39.4 Å². The average Bonchev–Trinajstić information content (AvgIpc) is 3.92. The highest BCUT2D eigenvalue weighted by Gasteiger charge is 2.32. The summed E-state index contributed by atoms with van der Waals surface area (Å²) in [5.74, 6) is -0.768. The van der Waals surface area contributed by atoms with Gasteiger partial charge in [0, 0.05) is 47.2 Å². The maximum atomic E-state index is 13.7. The molecule has 2 saturated heterocycles. The monoisotopic (exact) mass is 964 g/mol. The Bertz CT molecular complexity index is 3170. The van der Waals surface area contributed by atoms with Crippen LogP contribution in [-0.4, -0.2) is 108 Å². The van der Waals surface area contributed by atoms with Gasteiger partial charge in [-0.25, -0.2) is 40.6 Å². The molecular formula is C44H56N10O11S2. The number of piperidine rings is 2. The zero-order valence-electron chi connectivity index (χ0n) is 38.5. The molecule has 2 fully saturated rings. The molecule has 1 amide bonds. The van der Waals surface area contributed by atoms with Gasteiger partial charge in [0.2, 0.25) is 20.0 Å². The third-order valence-electron chi connectivity index (χ3n) is 11.5. The Balaban J connectivity index is 0.000000183. The fourth-order valence-electron chi connectivity index (χ4n) is 7.83. The molecule has 6 heterocycles. The highest BCUT2D eigenvalue weighted by molar-refractivity contribution is 7.92. The quantitative estimate of drug-likeness (QED) is 0.109. The summed E-state index contributed by atoms with van der Waals surface area (Å²) in [6, 6.07) is 12.5. The van der Waals surface area contributed by atoms with E-state index >= 15 is 0 Å². The molecule has 0 unspecified atom stereocenters. The predicted molar refractivity (Wildman–Crippen MR) is 253 cm³/mol. The van der Waals surface area contributed by atoms with E-state index in [0.717, 1.165) is 49.7 Å². The third kappa shape index (κ3) is 11.8. The smallest absolute Gasteiger partial charge is 0.337 e. The number of nitrogens with zero attached hydrogens (tertiary/aromatic N) is 5. The maximum absolute atomic E-state index is 13.7. The molecule has 6 N–H and O–H groups in total. The number of hydrogen-bond acceptors (Lipinski definition) is 13. The number of likely N-dealkylation sites (tertiary alicyclic amines) is 1. The molecule has 2 atom stereocenters. The van der Waals surface area contributed by atoms with Gasteiger partial charge in [-0.05, 0) is 103 Å². The van der Waals surface area contributed by atoms with E-state index in [9.17, 15) is 36.0 Å². The highest BCUT2D eigenvalue weighted by atomic mass is 32.2. The van der Waals surface area contributed by atoms with Crippen LogP contribution in [0.3, 0.4) is 0 Å². The van der Waals surface area contributed by atoms with E-state index in [1.165, 1.54) is 61.9 Å². The van der Waals surface area contributed by atoms with Crippen molar-refractivity contribution < 1.29 is 41.0 Å². The second-order valence-corrected chi connectivity index (χ2v) is 20.0. The van der Waals surface area contributed by atoms with Crippen LogP contribution in [-0.2, 0) is 20.0 Å². The number of ether oxygens (including phenoxy) is 2. The molecule has 0 saturated carbocycles. The number of aromatic amines is 2. The number of aromatic nitrogens is 6. The van der Waals surface area contributed by atoms with Gasteiger partial charge in [-0.2, -0.15) is 0 Å². The molecule has 67 heavy (non-hydrogen) atoms. The molecule has 2 aliphatic heterocycles. The lowest BCUT2D eigenvalue weighted by atomic mass is 9.98. The summed E-state index contributed by atoms with van der Waals surface area (Å²) in [5.41, 5.74) is 5.77. The Kier molecular flexibility index (Phi) is 15.2. The number of benzene rings is 2. The van der Waals surface area contributed by atoms with Crippen molar-refractivity contribution in [2.24, 2.45) is 0 Å². The fraction of sp³-hybridized carbons (Fsp3) is 0.409. The number of amides is 1. The van der Waals surface area contributed by atoms with Gasteiger partial charge >= 0.3 is 5.97 Å². The Labute approximate surface area is 387 Å². The summed E-state index contributed by atoms with van der Waals surface area (Å²) in [4.78, 5) is 60.0. The van der Waals surface area contributed by atoms with E-state index in [0.29, 0.717) is 64.3 Å². The molecular weight excluding hydrogens is 909 g/mol. The van der Waals surface area contributed by atoms with Gasteiger partial charge in [0.1, 0.15) is 11.5 Å². The molecule has 6 aromatic rings. The van der Waals surface area contributed by atoms with Crippen LogP contribution in [0.15, 0.2) is 58.1 Å². The summed E-state index contributed by atoms with van der Waals surface area (Å²) in [6.45, 7) is 8.75. The van der Waals surface area contributed by atoms with Crippen molar-refractivity contribution in [2.45, 2.75) is 78.3 Å². The Morgan fingerprint density at radius 2 is 1.19 bits per heavy atom. The first-order chi connectivity index (χ1) is 31.6. The number of carbonyl (C=O) groups excluding carboxylic acids is 1. The van der Waals surface area contributed by atoms with Gasteiger partial charge in [-0.15, -0.1) is 0 Å². The number of aryl methyl sites for hydroxylation is 2. The van der Waals surface area contributed by atoms with E-state index in [-0.39, 0.29) is 45.6 Å². The van der Waals surface area contributed by atoms with Crippen LogP contribution in [0, 0.1) is 27.7 Å². The van der Waals surface area contributed by atoms with Gasteiger partial charge in [-0.3, -0.25) is 34.0 Å². The minimum Gasteiger partial charge on any atom is -0.497 e. The number of methoxy groups -OCH3 is 2. The first-order valence-electron chi connectivity index (χ1n) is 21.4. The second-order valence-electron chi connectivity index (χ2n) is 16.5. The number of sulfonamides is 2. The topological polar surface area (TPSA) is 281 Å². The summed E-state index contributed by atoms with van der Waals surface area (Å²) < 4.78 is 63.3. The van der Waals surface area contributed by atoms with Gasteiger partial charge < -0.3 is 24.8 Å². The van der Waals surface area contributed by atoms with Crippen molar-refractivity contribution in [2.75, 3.05) is 49.3 Å². The number of fused-ring (bicyclic) bond motifs is 2. The van der Waals surface area contributed by atoms with E-state index in [2.05, 4.69) is 34.9 Å².